The number of ether oxygens (including phenoxy) is 1. The molecular formula is C21H26N2O4S. The Balaban J connectivity index is 2.09. The van der Waals surface area contributed by atoms with Crippen molar-refractivity contribution in [3.8, 4) is 5.75 Å². The number of methoxy groups -OCH3 is 1. The molecule has 0 unspecified atom stereocenters. The van der Waals surface area contributed by atoms with E-state index in [1.165, 1.54) is 4.31 Å². The van der Waals surface area contributed by atoms with Gasteiger partial charge in [0, 0.05) is 19.0 Å². The standard InChI is InChI=1S/C21H26N2O4S/c1-5-20(24)23-16(3)14-22(21(23)17-8-10-18(27-4)11-9-17)28(25,26)19-12-6-15(2)7-13-19/h6-13,16,21H,5,14H2,1-4H3/t16-,21-/m1/s1. The van der Waals surface area contributed by atoms with Gasteiger partial charge in [-0.2, -0.15) is 4.31 Å². The Hall–Kier alpha value is -2.38. The number of carbonyl (C=O) groups is 1. The van der Waals surface area contributed by atoms with Crippen LogP contribution in [0.4, 0.5) is 0 Å². The molecule has 28 heavy (non-hydrogen) atoms. The molecule has 0 aliphatic carbocycles. The fourth-order valence-electron chi connectivity index (χ4n) is 3.57. The smallest absolute Gasteiger partial charge is 0.245 e. The Morgan fingerprint density at radius 1 is 1.11 bits per heavy atom. The zero-order valence-electron chi connectivity index (χ0n) is 16.6. The zero-order valence-corrected chi connectivity index (χ0v) is 17.4. The molecule has 150 valence electrons. The van der Waals surface area contributed by atoms with Crippen molar-refractivity contribution >= 4 is 15.9 Å². The summed E-state index contributed by atoms with van der Waals surface area (Å²) in [4.78, 5) is 14.6. The molecule has 2 aromatic carbocycles. The van der Waals surface area contributed by atoms with E-state index < -0.39 is 16.2 Å². The highest BCUT2D eigenvalue weighted by molar-refractivity contribution is 7.89. The summed E-state index contributed by atoms with van der Waals surface area (Å²) in [6.07, 6.45) is -0.366. The third kappa shape index (κ3) is 3.64. The molecular weight excluding hydrogens is 376 g/mol. The summed E-state index contributed by atoms with van der Waals surface area (Å²) in [5, 5.41) is 0. The summed E-state index contributed by atoms with van der Waals surface area (Å²) < 4.78 is 33.5. The lowest BCUT2D eigenvalue weighted by Gasteiger charge is -2.31. The van der Waals surface area contributed by atoms with Crippen molar-refractivity contribution in [2.24, 2.45) is 0 Å². The molecule has 0 bridgehead atoms. The lowest BCUT2D eigenvalue weighted by molar-refractivity contribution is -0.134. The van der Waals surface area contributed by atoms with Gasteiger partial charge < -0.3 is 9.64 Å². The molecule has 2 atom stereocenters. The van der Waals surface area contributed by atoms with Gasteiger partial charge in [0.15, 0.2) is 0 Å². The van der Waals surface area contributed by atoms with E-state index in [0.717, 1.165) is 11.1 Å². The van der Waals surface area contributed by atoms with Gasteiger partial charge in [-0.3, -0.25) is 4.79 Å². The van der Waals surface area contributed by atoms with Crippen LogP contribution < -0.4 is 4.74 Å². The number of amides is 1. The van der Waals surface area contributed by atoms with E-state index in [0.29, 0.717) is 12.2 Å². The van der Waals surface area contributed by atoms with Crippen LogP contribution in [-0.4, -0.2) is 43.2 Å². The van der Waals surface area contributed by atoms with E-state index in [1.807, 2.05) is 26.0 Å². The Morgan fingerprint density at radius 3 is 2.25 bits per heavy atom. The maximum atomic E-state index is 13.4. The van der Waals surface area contributed by atoms with Crippen molar-refractivity contribution in [2.45, 2.75) is 44.3 Å². The lowest BCUT2D eigenvalue weighted by Crippen LogP contribution is -2.39. The Morgan fingerprint density at radius 2 is 1.71 bits per heavy atom. The summed E-state index contributed by atoms with van der Waals surface area (Å²) in [5.74, 6) is 0.603. The number of aryl methyl sites for hydroxylation is 1. The number of rotatable bonds is 5. The number of hydrogen-bond donors (Lipinski definition) is 0. The van der Waals surface area contributed by atoms with E-state index in [1.54, 1.807) is 55.3 Å². The minimum Gasteiger partial charge on any atom is -0.497 e. The highest BCUT2D eigenvalue weighted by Gasteiger charge is 2.46. The van der Waals surface area contributed by atoms with Gasteiger partial charge in [-0.05, 0) is 43.7 Å². The minimum atomic E-state index is -3.77. The van der Waals surface area contributed by atoms with E-state index in [2.05, 4.69) is 0 Å². The van der Waals surface area contributed by atoms with Crippen LogP contribution in [0.1, 0.15) is 37.6 Å². The monoisotopic (exact) mass is 402 g/mol. The van der Waals surface area contributed by atoms with Crippen molar-refractivity contribution in [3.05, 3.63) is 59.7 Å². The third-order valence-corrected chi connectivity index (χ3v) is 6.92. The normalized spacial score (nSPS) is 20.4. The largest absolute Gasteiger partial charge is 0.497 e. The highest BCUT2D eigenvalue weighted by atomic mass is 32.2. The maximum absolute atomic E-state index is 13.4. The summed E-state index contributed by atoms with van der Waals surface area (Å²) in [6, 6.07) is 13.8. The van der Waals surface area contributed by atoms with Gasteiger partial charge in [-0.25, -0.2) is 8.42 Å². The second-order valence-electron chi connectivity index (χ2n) is 7.04. The first kappa shape index (κ1) is 20.4. The van der Waals surface area contributed by atoms with E-state index >= 15 is 0 Å². The second kappa shape index (κ2) is 7.93. The van der Waals surface area contributed by atoms with Gasteiger partial charge in [-0.1, -0.05) is 36.8 Å². The number of hydrogen-bond acceptors (Lipinski definition) is 4. The van der Waals surface area contributed by atoms with E-state index in [9.17, 15) is 13.2 Å². The molecule has 6 nitrogen and oxygen atoms in total. The summed E-state index contributed by atoms with van der Waals surface area (Å²) >= 11 is 0. The summed E-state index contributed by atoms with van der Waals surface area (Å²) in [7, 11) is -2.19. The second-order valence-corrected chi connectivity index (χ2v) is 8.93. The Kier molecular flexibility index (Phi) is 5.76. The van der Waals surface area contributed by atoms with Crippen molar-refractivity contribution in [2.75, 3.05) is 13.7 Å². The van der Waals surface area contributed by atoms with Gasteiger partial charge in [0.05, 0.1) is 12.0 Å². The SMILES string of the molecule is CCC(=O)N1[C@H](C)CN(S(=O)(=O)c2ccc(C)cc2)[C@H]1c1ccc(OC)cc1. The van der Waals surface area contributed by atoms with Gasteiger partial charge in [0.1, 0.15) is 11.9 Å². The first-order chi connectivity index (χ1) is 13.3. The third-order valence-electron chi connectivity index (χ3n) is 5.09. The number of benzene rings is 2. The Bertz CT molecular complexity index is 939. The summed E-state index contributed by atoms with van der Waals surface area (Å²) in [6.45, 7) is 5.83. The van der Waals surface area contributed by atoms with Crippen LogP contribution >= 0.6 is 0 Å². The molecule has 1 amide bonds. The molecule has 1 fully saturated rings. The van der Waals surface area contributed by atoms with Crippen LogP contribution in [0, 0.1) is 6.92 Å². The number of carbonyl (C=O) groups excluding carboxylic acids is 1. The first-order valence-electron chi connectivity index (χ1n) is 9.33. The van der Waals surface area contributed by atoms with E-state index in [4.69, 9.17) is 4.74 Å². The maximum Gasteiger partial charge on any atom is 0.245 e. The topological polar surface area (TPSA) is 66.9 Å². The molecule has 3 rings (SSSR count). The zero-order chi connectivity index (χ0) is 20.5. The van der Waals surface area contributed by atoms with Crippen molar-refractivity contribution in [1.29, 1.82) is 0 Å². The van der Waals surface area contributed by atoms with Crippen LogP contribution in [0.25, 0.3) is 0 Å². The van der Waals surface area contributed by atoms with Crippen LogP contribution in [0.2, 0.25) is 0 Å². The van der Waals surface area contributed by atoms with Crippen LogP contribution in [0.15, 0.2) is 53.4 Å². The molecule has 1 aliphatic rings. The minimum absolute atomic E-state index is 0.0741. The summed E-state index contributed by atoms with van der Waals surface area (Å²) in [5.41, 5.74) is 1.73. The molecule has 0 saturated carbocycles. The van der Waals surface area contributed by atoms with Crippen LogP contribution in [0.5, 0.6) is 5.75 Å². The number of sulfonamides is 1. The Labute approximate surface area is 166 Å². The molecule has 2 aromatic rings. The first-order valence-corrected chi connectivity index (χ1v) is 10.8. The van der Waals surface area contributed by atoms with Gasteiger partial charge in [-0.15, -0.1) is 0 Å². The average Bonchev–Trinajstić information content (AvgIpc) is 3.05. The molecule has 1 heterocycles. The van der Waals surface area contributed by atoms with Crippen LogP contribution in [-0.2, 0) is 14.8 Å². The number of nitrogens with zero attached hydrogens (tertiary/aromatic N) is 2. The quantitative estimate of drug-likeness (QED) is 0.769. The molecule has 0 radical (unpaired) electrons. The predicted molar refractivity (Wildman–Crippen MR) is 107 cm³/mol. The molecule has 1 aliphatic heterocycles. The van der Waals surface area contributed by atoms with Crippen molar-refractivity contribution < 1.29 is 17.9 Å². The average molecular weight is 403 g/mol. The predicted octanol–water partition coefficient (Wildman–Crippen LogP) is 3.33. The van der Waals surface area contributed by atoms with Crippen molar-refractivity contribution in [1.82, 2.24) is 9.21 Å². The highest BCUT2D eigenvalue weighted by Crippen LogP contribution is 2.38. The fraction of sp³-hybridized carbons (Fsp3) is 0.381. The molecule has 0 N–H and O–H groups in total. The molecule has 0 aromatic heterocycles. The molecule has 7 heteroatoms. The van der Waals surface area contributed by atoms with Gasteiger partial charge in [0.25, 0.3) is 0 Å². The van der Waals surface area contributed by atoms with E-state index in [-0.39, 0.29) is 23.4 Å². The molecule has 0 spiro atoms. The molecule has 1 saturated heterocycles. The fourth-order valence-corrected chi connectivity index (χ4v) is 5.22. The van der Waals surface area contributed by atoms with Gasteiger partial charge in [0.2, 0.25) is 15.9 Å². The van der Waals surface area contributed by atoms with Gasteiger partial charge >= 0.3 is 0 Å². The van der Waals surface area contributed by atoms with Crippen molar-refractivity contribution in [3.63, 3.8) is 0 Å². The lowest BCUT2D eigenvalue weighted by atomic mass is 10.1. The van der Waals surface area contributed by atoms with Crippen LogP contribution in [0.3, 0.4) is 0 Å².